The van der Waals surface area contributed by atoms with Crippen molar-refractivity contribution in [3.63, 3.8) is 0 Å². The lowest BCUT2D eigenvalue weighted by atomic mass is 9.86. The summed E-state index contributed by atoms with van der Waals surface area (Å²) in [5.41, 5.74) is 5.48. The maximum Gasteiger partial charge on any atom is 0.251 e. The van der Waals surface area contributed by atoms with Gasteiger partial charge in [0, 0.05) is 35.6 Å². The van der Waals surface area contributed by atoms with Crippen molar-refractivity contribution in [2.75, 3.05) is 0 Å². The number of rotatable bonds is 6. The van der Waals surface area contributed by atoms with Gasteiger partial charge in [0.25, 0.3) is 5.56 Å². The molecular weight excluding hydrogens is 548 g/mol. The van der Waals surface area contributed by atoms with Gasteiger partial charge in [-0.05, 0) is 71.5 Å². The van der Waals surface area contributed by atoms with Gasteiger partial charge in [0.05, 0.1) is 23.7 Å². The molecule has 0 saturated heterocycles. The predicted octanol–water partition coefficient (Wildman–Crippen LogP) is 7.32. The second-order valence-corrected chi connectivity index (χ2v) is 10.4. The molecule has 0 fully saturated rings. The fourth-order valence-electron chi connectivity index (χ4n) is 4.75. The number of fused-ring (bicyclic) bond motifs is 1. The Morgan fingerprint density at radius 2 is 1.59 bits per heavy atom. The summed E-state index contributed by atoms with van der Waals surface area (Å²) in [5, 5.41) is 2.33. The lowest BCUT2D eigenvalue weighted by Crippen LogP contribution is -2.25. The Morgan fingerprint density at radius 3 is 2.27 bits per heavy atom. The van der Waals surface area contributed by atoms with Crippen LogP contribution in [-0.4, -0.2) is 14.1 Å². The number of aryl methyl sites for hydroxylation is 4. The van der Waals surface area contributed by atoms with Crippen LogP contribution in [0.25, 0.3) is 10.9 Å². The molecule has 0 aliphatic carbocycles. The highest BCUT2D eigenvalue weighted by Crippen LogP contribution is 2.44. The zero-order valence-electron chi connectivity index (χ0n) is 20.3. The number of benzene rings is 3. The molecule has 0 radical (unpaired) electrons. The smallest absolute Gasteiger partial charge is 0.251 e. The third kappa shape index (κ3) is 5.17. The molecule has 0 saturated carbocycles. The molecule has 37 heavy (non-hydrogen) atoms. The van der Waals surface area contributed by atoms with Crippen LogP contribution in [0.1, 0.15) is 27.9 Å². The molecule has 5 aromatic rings. The topological polar surface area (TPSA) is 39.8 Å². The van der Waals surface area contributed by atoms with Crippen molar-refractivity contribution in [2.45, 2.75) is 17.7 Å². The minimum atomic E-state index is -1.01. The first-order valence-corrected chi connectivity index (χ1v) is 12.7. The molecule has 0 bridgehead atoms. The van der Waals surface area contributed by atoms with Crippen molar-refractivity contribution in [1.29, 1.82) is 0 Å². The van der Waals surface area contributed by atoms with Gasteiger partial charge >= 0.3 is 0 Å². The van der Waals surface area contributed by atoms with Crippen molar-refractivity contribution in [3.8, 4) is 0 Å². The molecule has 3 aromatic carbocycles. The number of aromatic nitrogens is 3. The van der Waals surface area contributed by atoms with Crippen LogP contribution in [0.5, 0.6) is 0 Å². The first-order chi connectivity index (χ1) is 17.3. The average molecular weight is 573 g/mol. The van der Waals surface area contributed by atoms with E-state index in [1.807, 2.05) is 72.3 Å². The number of alkyl halides is 1. The molecule has 0 aliphatic rings. The van der Waals surface area contributed by atoms with Gasteiger partial charge in [-0.15, -0.1) is 24.0 Å². The SMILES string of the molecule is Cl.Cn1cncc1C(Cl)(c1ccc(Cl)cc1)c1ccc2c(c1)c(CCc1cccc(Cl)c1)cc(=O)n2C. The highest BCUT2D eigenvalue weighted by Gasteiger charge is 2.37. The molecule has 1 atom stereocenters. The number of hydrogen-bond donors (Lipinski definition) is 0. The lowest BCUT2D eigenvalue weighted by Gasteiger charge is -2.29. The van der Waals surface area contributed by atoms with Gasteiger partial charge in [-0.3, -0.25) is 4.79 Å². The summed E-state index contributed by atoms with van der Waals surface area (Å²) in [6, 6.07) is 23.1. The summed E-state index contributed by atoms with van der Waals surface area (Å²) < 4.78 is 3.59. The summed E-state index contributed by atoms with van der Waals surface area (Å²) in [6.07, 6.45) is 4.98. The van der Waals surface area contributed by atoms with Crippen molar-refractivity contribution in [2.24, 2.45) is 14.1 Å². The van der Waals surface area contributed by atoms with Crippen LogP contribution in [0.2, 0.25) is 10.0 Å². The predicted molar refractivity (Wildman–Crippen MR) is 156 cm³/mol. The Balaban J connectivity index is 0.00000320. The maximum absolute atomic E-state index is 12.8. The Hall–Kier alpha value is -2.76. The second-order valence-electron chi connectivity index (χ2n) is 8.98. The third-order valence-corrected chi connectivity index (χ3v) is 7.83. The molecule has 5 rings (SSSR count). The van der Waals surface area contributed by atoms with Crippen LogP contribution in [0.4, 0.5) is 0 Å². The summed E-state index contributed by atoms with van der Waals surface area (Å²) in [4.78, 5) is 16.1. The van der Waals surface area contributed by atoms with E-state index in [0.717, 1.165) is 45.3 Å². The molecule has 4 nitrogen and oxygen atoms in total. The number of nitrogens with zero attached hydrogens (tertiary/aromatic N) is 3. The molecular formula is C29H25Cl4N3O. The van der Waals surface area contributed by atoms with Crippen LogP contribution in [0.3, 0.4) is 0 Å². The quantitative estimate of drug-likeness (QED) is 0.200. The summed E-state index contributed by atoms with van der Waals surface area (Å²) in [7, 11) is 3.72. The van der Waals surface area contributed by atoms with Gasteiger partial charge in [-0.25, -0.2) is 4.98 Å². The molecule has 8 heteroatoms. The highest BCUT2D eigenvalue weighted by atomic mass is 35.5. The van der Waals surface area contributed by atoms with Crippen LogP contribution in [0.15, 0.2) is 90.1 Å². The third-order valence-electron chi connectivity index (χ3n) is 6.71. The second kappa shape index (κ2) is 10.9. The van der Waals surface area contributed by atoms with E-state index in [9.17, 15) is 4.79 Å². The van der Waals surface area contributed by atoms with Gasteiger partial charge in [0.15, 0.2) is 0 Å². The zero-order valence-corrected chi connectivity index (χ0v) is 23.4. The van der Waals surface area contributed by atoms with Crippen molar-refractivity contribution in [1.82, 2.24) is 14.1 Å². The van der Waals surface area contributed by atoms with Crippen LogP contribution < -0.4 is 5.56 Å². The number of imidazole rings is 1. The monoisotopic (exact) mass is 571 g/mol. The first-order valence-electron chi connectivity index (χ1n) is 11.6. The van der Waals surface area contributed by atoms with E-state index in [0.29, 0.717) is 16.5 Å². The van der Waals surface area contributed by atoms with Gasteiger partial charge < -0.3 is 9.13 Å². The Kier molecular flexibility index (Phi) is 8.05. The normalized spacial score (nSPS) is 12.8. The summed E-state index contributed by atoms with van der Waals surface area (Å²) in [5.74, 6) is 0. The van der Waals surface area contributed by atoms with Gasteiger partial charge in [0.1, 0.15) is 4.87 Å². The largest absolute Gasteiger partial charge is 0.336 e. The van der Waals surface area contributed by atoms with E-state index in [2.05, 4.69) is 11.1 Å². The van der Waals surface area contributed by atoms with Crippen molar-refractivity contribution >= 4 is 58.1 Å². The van der Waals surface area contributed by atoms with E-state index in [1.54, 1.807) is 30.2 Å². The van der Waals surface area contributed by atoms with Crippen LogP contribution in [-0.2, 0) is 31.8 Å². The Morgan fingerprint density at radius 1 is 0.865 bits per heavy atom. The molecule has 2 aromatic heterocycles. The first kappa shape index (κ1) is 27.3. The molecule has 0 spiro atoms. The fourth-order valence-corrected chi connectivity index (χ4v) is 5.52. The Bertz CT molecular complexity index is 1630. The molecule has 0 aliphatic heterocycles. The standard InChI is InChI=1S/C29H24Cl3N3O.ClH/c1-34-18-33-17-27(34)29(32,21-8-11-23(30)12-9-21)22-10-13-26-25(16-22)20(15-28(36)35(26)2)7-6-19-4-3-5-24(31)14-19;/h3-5,8-18H,6-7H2,1-2H3;1H. The van der Waals surface area contributed by atoms with Crippen molar-refractivity contribution < 1.29 is 0 Å². The van der Waals surface area contributed by atoms with Gasteiger partial charge in [-0.1, -0.05) is 53.5 Å². The Labute approximate surface area is 236 Å². The molecule has 2 heterocycles. The van der Waals surface area contributed by atoms with E-state index < -0.39 is 4.87 Å². The summed E-state index contributed by atoms with van der Waals surface area (Å²) >= 11 is 19.9. The van der Waals surface area contributed by atoms with Crippen LogP contribution >= 0.6 is 47.2 Å². The maximum atomic E-state index is 12.8. The minimum absolute atomic E-state index is 0. The number of halogens is 4. The average Bonchev–Trinajstić information content (AvgIpc) is 3.31. The zero-order chi connectivity index (χ0) is 25.4. The van der Waals surface area contributed by atoms with Crippen LogP contribution in [0, 0.1) is 0 Å². The molecule has 0 N–H and O–H groups in total. The van der Waals surface area contributed by atoms with E-state index >= 15 is 0 Å². The fraction of sp³-hybridized carbons (Fsp3) is 0.172. The molecule has 0 amide bonds. The summed E-state index contributed by atoms with van der Waals surface area (Å²) in [6.45, 7) is 0. The van der Waals surface area contributed by atoms with Gasteiger partial charge in [0.2, 0.25) is 0 Å². The minimum Gasteiger partial charge on any atom is -0.336 e. The number of pyridine rings is 1. The highest BCUT2D eigenvalue weighted by molar-refractivity contribution is 6.31. The van der Waals surface area contributed by atoms with E-state index in [-0.39, 0.29) is 18.0 Å². The lowest BCUT2D eigenvalue weighted by molar-refractivity contribution is 0.746. The number of hydrogen-bond acceptors (Lipinski definition) is 2. The molecule has 190 valence electrons. The van der Waals surface area contributed by atoms with E-state index in [1.165, 1.54) is 0 Å². The van der Waals surface area contributed by atoms with Gasteiger partial charge in [-0.2, -0.15) is 0 Å². The van der Waals surface area contributed by atoms with Crippen molar-refractivity contribution in [3.05, 3.63) is 134 Å². The van der Waals surface area contributed by atoms with E-state index in [4.69, 9.17) is 34.8 Å². The molecule has 1 unspecified atom stereocenters.